The van der Waals surface area contributed by atoms with Crippen LogP contribution in [0.5, 0.6) is 5.75 Å². The number of rotatable bonds is 22. The van der Waals surface area contributed by atoms with E-state index >= 15 is 9.59 Å². The van der Waals surface area contributed by atoms with Gasteiger partial charge in [-0.3, -0.25) is 62.3 Å². The Bertz CT molecular complexity index is 3510. The molecular formula is C73H107N13O21. The first-order valence-electron chi connectivity index (χ1n) is 36.5. The second kappa shape index (κ2) is 40.9. The van der Waals surface area contributed by atoms with E-state index in [4.69, 9.17) is 10.5 Å². The third-order valence-corrected chi connectivity index (χ3v) is 19.9. The smallest absolute Gasteiger partial charge is 0.329 e. The van der Waals surface area contributed by atoms with Crippen molar-refractivity contribution in [2.45, 2.75) is 236 Å². The molecule has 4 saturated heterocycles. The molecule has 6 rings (SSSR count). The number of carbonyl (C=O) groups excluding carboxylic acids is 14. The molecule has 13 amide bonds. The van der Waals surface area contributed by atoms with Gasteiger partial charge in [-0.2, -0.15) is 0 Å². The molecule has 4 fully saturated rings. The highest BCUT2D eigenvalue weighted by Gasteiger charge is 2.46. The van der Waals surface area contributed by atoms with Gasteiger partial charge in [0.2, 0.25) is 65.0 Å². The summed E-state index contributed by atoms with van der Waals surface area (Å²) in [4.78, 5) is 204. The van der Waals surface area contributed by atoms with Crippen LogP contribution in [0.15, 0.2) is 66.4 Å². The number of allylic oxidation sites excluding steroid dienone is 1. The molecule has 590 valence electrons. The number of phenols is 1. The molecule has 16 atom stereocenters. The van der Waals surface area contributed by atoms with Crippen LogP contribution in [0.2, 0.25) is 0 Å². The first-order valence-corrected chi connectivity index (χ1v) is 36.5. The van der Waals surface area contributed by atoms with Crippen molar-refractivity contribution in [2.75, 3.05) is 39.8 Å². The molecule has 0 bridgehead atoms. The summed E-state index contributed by atoms with van der Waals surface area (Å²) in [6, 6.07) is -1.23. The lowest BCUT2D eigenvalue weighted by molar-refractivity contribution is -0.162. The average molecular weight is 1500 g/mol. The molecular weight excluding hydrogens is 1390 g/mol. The van der Waals surface area contributed by atoms with Crippen LogP contribution >= 0.6 is 0 Å². The van der Waals surface area contributed by atoms with Crippen LogP contribution < -0.4 is 48.3 Å². The van der Waals surface area contributed by atoms with Gasteiger partial charge in [-0.25, -0.2) is 4.79 Å². The molecule has 2 aromatic carbocycles. The van der Waals surface area contributed by atoms with E-state index in [1.807, 2.05) is 0 Å². The topological polar surface area (TPSA) is 505 Å². The first kappa shape index (κ1) is 86.3. The summed E-state index contributed by atoms with van der Waals surface area (Å²) in [7, 11) is 1.31. The predicted octanol–water partition coefficient (Wildman–Crippen LogP) is -3.05. The van der Waals surface area contributed by atoms with E-state index in [2.05, 4.69) is 42.5 Å². The Balaban J connectivity index is 1.45. The largest absolute Gasteiger partial charge is 0.508 e. The van der Waals surface area contributed by atoms with Crippen LogP contribution in [0.4, 0.5) is 0 Å². The number of nitrogens with one attached hydrogen (secondary N) is 8. The van der Waals surface area contributed by atoms with E-state index in [0.717, 1.165) is 22.8 Å². The number of amides is 13. The Kier molecular flexibility index (Phi) is 33.0. The standard InChI is InChI=1S/C73H107N13O21/c1-9-40(5)60-68(101)80-51(38-87)65(98)76-47(10-2)64(97)82-61(41(6)88)69(102)78-49(27-24-43-17-12-11-13-18-43)71(104)85-31-14-19-52(85)66(99)79-50(35-46(36-57(92)56(91)33-39(3)4)107-73(106)55(83(8)42(7)89)34-44-22-25-45(90)26-23-44)62(95)70(103)77-48(28-29-58(74)93)63(96)75-37-59(94)84-30-16-21-54(84)72(105)86-32-15-20-53(86)67(100)81-60/h10-13,17-18,22-23,25-26,39-41,46,48-57,60-62,87-88,90-92,95H,9,14-16,19-21,24,27-38H2,1-8H3,(H2,74,93)(H,75,96)(H,76,98)(H,77,103)(H,78,102)(H,79,99)(H,80,101)(H,81,100)(H,82,97)/b47-10+/t40-,41+,46+,48+,49+,50+,51-,52-,53-,54-,55-,56-,57-,60+,61-,62+/m0/s1. The number of hydrogen-bond donors (Lipinski definition) is 15. The highest BCUT2D eigenvalue weighted by molar-refractivity contribution is 6.03. The van der Waals surface area contributed by atoms with Gasteiger partial charge in [0, 0.05) is 59.3 Å². The molecule has 34 heteroatoms. The number of nitrogens with two attached hydrogens (primary N) is 1. The molecule has 4 aliphatic rings. The molecule has 16 N–H and O–H groups in total. The Labute approximate surface area is 621 Å². The van der Waals surface area contributed by atoms with Gasteiger partial charge in [0.1, 0.15) is 71.9 Å². The summed E-state index contributed by atoms with van der Waals surface area (Å²) >= 11 is 0. The molecule has 4 aliphatic heterocycles. The quantitative estimate of drug-likeness (QED) is 0.0411. The number of fused-ring (bicyclic) bond motifs is 3. The lowest BCUT2D eigenvalue weighted by Crippen LogP contribution is -2.61. The predicted molar refractivity (Wildman–Crippen MR) is 383 cm³/mol. The third kappa shape index (κ3) is 24.4. The summed E-state index contributed by atoms with van der Waals surface area (Å²) in [5.41, 5.74) is 6.14. The number of hydrogen-bond acceptors (Lipinski definition) is 21. The zero-order valence-electron chi connectivity index (χ0n) is 61.9. The van der Waals surface area contributed by atoms with E-state index < -0.39 is 224 Å². The average Bonchev–Trinajstić information content (AvgIpc) is 1.68. The molecule has 107 heavy (non-hydrogen) atoms. The van der Waals surface area contributed by atoms with Gasteiger partial charge >= 0.3 is 5.97 Å². The molecule has 2 aromatic rings. The van der Waals surface area contributed by atoms with E-state index in [-0.39, 0.29) is 82.7 Å². The van der Waals surface area contributed by atoms with Gasteiger partial charge < -0.3 is 103 Å². The Morgan fingerprint density at radius 3 is 1.80 bits per heavy atom. The van der Waals surface area contributed by atoms with Crippen LogP contribution in [0.1, 0.15) is 143 Å². The number of ether oxygens (including phenoxy) is 1. The zero-order valence-corrected chi connectivity index (χ0v) is 61.9. The number of benzene rings is 2. The monoisotopic (exact) mass is 1500 g/mol. The minimum Gasteiger partial charge on any atom is -0.508 e. The Hall–Kier alpha value is -9.64. The summed E-state index contributed by atoms with van der Waals surface area (Å²) in [5, 5.41) is 87.0. The van der Waals surface area contributed by atoms with Gasteiger partial charge in [-0.1, -0.05) is 82.7 Å². The van der Waals surface area contributed by atoms with Crippen molar-refractivity contribution in [1.29, 1.82) is 0 Å². The van der Waals surface area contributed by atoms with Crippen molar-refractivity contribution in [3.8, 4) is 5.75 Å². The lowest BCUT2D eigenvalue weighted by atomic mass is 9.93. The van der Waals surface area contributed by atoms with Crippen LogP contribution in [-0.4, -0.2) is 264 Å². The summed E-state index contributed by atoms with van der Waals surface area (Å²) in [6.07, 6.45) is -9.60. The lowest BCUT2D eigenvalue weighted by Gasteiger charge is -2.34. The van der Waals surface area contributed by atoms with E-state index in [0.29, 0.717) is 30.4 Å². The van der Waals surface area contributed by atoms with Crippen molar-refractivity contribution in [2.24, 2.45) is 17.6 Å². The first-order chi connectivity index (χ1) is 50.7. The van der Waals surface area contributed by atoms with Crippen molar-refractivity contribution in [3.05, 3.63) is 77.5 Å². The number of aromatic hydroxyl groups is 1. The van der Waals surface area contributed by atoms with Crippen LogP contribution in [0.25, 0.3) is 0 Å². The number of carbonyl (C=O) groups is 14. The minimum atomic E-state index is -2.51. The van der Waals surface area contributed by atoms with Crippen molar-refractivity contribution in [1.82, 2.24) is 62.1 Å². The number of esters is 1. The number of aliphatic hydroxyl groups excluding tert-OH is 5. The molecule has 0 aromatic heterocycles. The molecule has 0 saturated carbocycles. The fourth-order valence-corrected chi connectivity index (χ4v) is 13.5. The second-order valence-electron chi connectivity index (χ2n) is 28.4. The van der Waals surface area contributed by atoms with Crippen LogP contribution in [-0.2, 0) is 84.7 Å². The molecule has 4 heterocycles. The summed E-state index contributed by atoms with van der Waals surface area (Å²) < 4.78 is 6.12. The van der Waals surface area contributed by atoms with Crippen molar-refractivity contribution >= 4 is 82.8 Å². The number of nitrogens with zero attached hydrogens (tertiary/aromatic N) is 4. The molecule has 0 aliphatic carbocycles. The SMILES string of the molecule is C/C=C1/NC(=O)[C@H](CO)NC(=O)[C@@H]([C@@H](C)CC)NC(=O)[C@@H]2CCCN2C(=O)[C@@H]2CCCN2C(=O)CNC(=O)[C@@H](CCC(N)=O)NC(=O)[C@H](O)[C@@H](C[C@H](C[C@H](O)[C@@H](O)CC(C)C)OC(=O)[C@H](Cc2ccc(O)cc2)N(C)C(C)=O)NC(=O)[C@@H]2CCCN2C(=O)[C@@H](CCc2ccccc2)NC(=O)[C@H]([C@@H](C)O)NC1=O. The Morgan fingerprint density at radius 1 is 0.654 bits per heavy atom. The minimum absolute atomic E-state index is 0.0116. The van der Waals surface area contributed by atoms with Gasteiger partial charge in [-0.05, 0) is 113 Å². The van der Waals surface area contributed by atoms with E-state index in [1.165, 1.54) is 55.0 Å². The van der Waals surface area contributed by atoms with E-state index in [1.54, 1.807) is 58.0 Å². The van der Waals surface area contributed by atoms with Gasteiger partial charge in [0.25, 0.3) is 11.8 Å². The van der Waals surface area contributed by atoms with Crippen LogP contribution in [0, 0.1) is 11.8 Å². The molecule has 0 unspecified atom stereocenters. The maximum Gasteiger partial charge on any atom is 0.329 e. The number of aliphatic hydroxyl groups is 5. The van der Waals surface area contributed by atoms with Crippen LogP contribution in [0.3, 0.4) is 0 Å². The maximum absolute atomic E-state index is 15.3. The highest BCUT2D eigenvalue weighted by Crippen LogP contribution is 2.28. The van der Waals surface area contributed by atoms with Gasteiger partial charge in [0.15, 0.2) is 6.10 Å². The normalized spacial score (nSPS) is 26.1. The highest BCUT2D eigenvalue weighted by atomic mass is 16.5. The summed E-state index contributed by atoms with van der Waals surface area (Å²) in [6.45, 7) is 8.62. The molecule has 0 spiro atoms. The number of phenolic OH excluding ortho intramolecular Hbond substituents is 1. The number of likely N-dealkylation sites (N-methyl/N-ethyl adjacent to an activating group) is 1. The van der Waals surface area contributed by atoms with Crippen molar-refractivity contribution in [3.63, 3.8) is 0 Å². The molecule has 0 radical (unpaired) electrons. The molecule has 34 nitrogen and oxygen atoms in total. The summed E-state index contributed by atoms with van der Waals surface area (Å²) in [5.74, 6) is -14.6. The third-order valence-electron chi connectivity index (χ3n) is 19.9. The maximum atomic E-state index is 15.3. The zero-order chi connectivity index (χ0) is 79.1. The van der Waals surface area contributed by atoms with E-state index in [9.17, 15) is 88.2 Å². The second-order valence-corrected chi connectivity index (χ2v) is 28.4. The van der Waals surface area contributed by atoms with Gasteiger partial charge in [-0.15, -0.1) is 0 Å². The fraction of sp³-hybridized carbons (Fsp3) is 0.616. The van der Waals surface area contributed by atoms with Crippen molar-refractivity contribution < 1.29 is 102 Å². The number of primary amides is 1. The van der Waals surface area contributed by atoms with Gasteiger partial charge in [0.05, 0.1) is 37.5 Å². The number of aryl methyl sites for hydroxylation is 1. The fourth-order valence-electron chi connectivity index (χ4n) is 13.5. The Morgan fingerprint density at radius 2 is 1.22 bits per heavy atom.